The van der Waals surface area contributed by atoms with Crippen molar-refractivity contribution in [2.45, 2.75) is 27.7 Å². The van der Waals surface area contributed by atoms with Gasteiger partial charge in [-0.1, -0.05) is 32.0 Å². The molecule has 1 heteroatoms. The normalized spacial score (nSPS) is 10.5. The number of hydrogen-bond acceptors (Lipinski definition) is 1. The highest BCUT2D eigenvalue weighted by molar-refractivity contribution is 5.56. The Kier molecular flexibility index (Phi) is 3.35. The maximum absolute atomic E-state index is 3.48. The third-order valence-corrected chi connectivity index (χ3v) is 2.17. The number of anilines is 1. The first kappa shape index (κ1) is 10.1. The first-order chi connectivity index (χ1) is 6.11. The summed E-state index contributed by atoms with van der Waals surface area (Å²) in [4.78, 5) is 0. The largest absolute Gasteiger partial charge is 0.384 e. The number of aryl methyl sites for hydroxylation is 2. The highest BCUT2D eigenvalue weighted by atomic mass is 14.9. The molecule has 0 aromatic heterocycles. The van der Waals surface area contributed by atoms with Gasteiger partial charge in [0.05, 0.1) is 0 Å². The molecule has 0 atom stereocenters. The molecule has 0 unspecified atom stereocenters. The summed E-state index contributed by atoms with van der Waals surface area (Å²) in [5.74, 6) is 0.694. The first-order valence-corrected chi connectivity index (χ1v) is 4.91. The second-order valence-electron chi connectivity index (χ2n) is 4.04. The Balaban J connectivity index is 2.75. The Labute approximate surface area is 81.2 Å². The van der Waals surface area contributed by atoms with Crippen molar-refractivity contribution in [1.29, 1.82) is 0 Å². The smallest absolute Gasteiger partial charge is 0.0399 e. The number of nitrogens with one attached hydrogen (secondary N) is 1. The molecule has 0 saturated carbocycles. The molecule has 0 aliphatic heterocycles. The van der Waals surface area contributed by atoms with Crippen LogP contribution in [-0.2, 0) is 0 Å². The van der Waals surface area contributed by atoms with Gasteiger partial charge in [0.2, 0.25) is 0 Å². The Morgan fingerprint density at radius 1 is 1.15 bits per heavy atom. The highest BCUT2D eigenvalue weighted by Gasteiger charge is 2.01. The molecule has 0 amide bonds. The van der Waals surface area contributed by atoms with Crippen LogP contribution in [0.1, 0.15) is 25.0 Å². The van der Waals surface area contributed by atoms with Crippen LogP contribution in [0.5, 0.6) is 0 Å². The van der Waals surface area contributed by atoms with Crippen LogP contribution in [0.15, 0.2) is 18.2 Å². The molecular weight excluding hydrogens is 158 g/mol. The van der Waals surface area contributed by atoms with E-state index in [2.05, 4.69) is 51.2 Å². The second kappa shape index (κ2) is 4.31. The van der Waals surface area contributed by atoms with E-state index < -0.39 is 0 Å². The molecule has 0 radical (unpaired) electrons. The van der Waals surface area contributed by atoms with E-state index in [1.807, 2.05) is 0 Å². The predicted octanol–water partition coefficient (Wildman–Crippen LogP) is 3.37. The SMILES string of the molecule is Cc1cccc(C)c1NCC(C)C. The molecule has 13 heavy (non-hydrogen) atoms. The summed E-state index contributed by atoms with van der Waals surface area (Å²) in [6.07, 6.45) is 0. The Hall–Kier alpha value is -0.980. The van der Waals surface area contributed by atoms with Crippen molar-refractivity contribution in [2.75, 3.05) is 11.9 Å². The second-order valence-corrected chi connectivity index (χ2v) is 4.04. The van der Waals surface area contributed by atoms with E-state index in [0.29, 0.717) is 5.92 Å². The average molecular weight is 177 g/mol. The van der Waals surface area contributed by atoms with E-state index in [1.54, 1.807) is 0 Å². The van der Waals surface area contributed by atoms with Gasteiger partial charge >= 0.3 is 0 Å². The van der Waals surface area contributed by atoms with Crippen LogP contribution < -0.4 is 5.32 Å². The molecule has 1 rings (SSSR count). The lowest BCUT2D eigenvalue weighted by molar-refractivity contribution is 0.688. The van der Waals surface area contributed by atoms with Crippen molar-refractivity contribution in [1.82, 2.24) is 0 Å². The van der Waals surface area contributed by atoms with Crippen molar-refractivity contribution in [2.24, 2.45) is 5.92 Å². The summed E-state index contributed by atoms with van der Waals surface area (Å²) in [6.45, 7) is 9.79. The van der Waals surface area contributed by atoms with E-state index in [4.69, 9.17) is 0 Å². The maximum atomic E-state index is 3.48. The Bertz CT molecular complexity index is 256. The highest BCUT2D eigenvalue weighted by Crippen LogP contribution is 2.19. The van der Waals surface area contributed by atoms with Gasteiger partial charge in [-0.15, -0.1) is 0 Å². The minimum atomic E-state index is 0.694. The number of rotatable bonds is 3. The molecule has 1 nitrogen and oxygen atoms in total. The van der Waals surface area contributed by atoms with Crippen LogP contribution >= 0.6 is 0 Å². The van der Waals surface area contributed by atoms with Gasteiger partial charge in [-0.3, -0.25) is 0 Å². The molecule has 0 fully saturated rings. The third-order valence-electron chi connectivity index (χ3n) is 2.17. The van der Waals surface area contributed by atoms with Gasteiger partial charge in [-0.05, 0) is 30.9 Å². The quantitative estimate of drug-likeness (QED) is 0.746. The van der Waals surface area contributed by atoms with Crippen LogP contribution in [0, 0.1) is 19.8 Å². The lowest BCUT2D eigenvalue weighted by atomic mass is 10.1. The molecule has 0 aliphatic rings. The van der Waals surface area contributed by atoms with Gasteiger partial charge in [0, 0.05) is 12.2 Å². The monoisotopic (exact) mass is 177 g/mol. The van der Waals surface area contributed by atoms with E-state index >= 15 is 0 Å². The third kappa shape index (κ3) is 2.76. The van der Waals surface area contributed by atoms with Crippen molar-refractivity contribution >= 4 is 5.69 Å². The molecule has 1 aromatic carbocycles. The molecule has 0 saturated heterocycles. The minimum Gasteiger partial charge on any atom is -0.384 e. The summed E-state index contributed by atoms with van der Waals surface area (Å²) in [7, 11) is 0. The zero-order valence-electron chi connectivity index (χ0n) is 9.02. The van der Waals surface area contributed by atoms with E-state index in [9.17, 15) is 0 Å². The van der Waals surface area contributed by atoms with Crippen molar-refractivity contribution < 1.29 is 0 Å². The molecule has 0 spiro atoms. The van der Waals surface area contributed by atoms with Crippen molar-refractivity contribution in [3.8, 4) is 0 Å². The fraction of sp³-hybridized carbons (Fsp3) is 0.500. The molecule has 0 heterocycles. The van der Waals surface area contributed by atoms with E-state index in [1.165, 1.54) is 16.8 Å². The fourth-order valence-corrected chi connectivity index (χ4v) is 1.40. The zero-order chi connectivity index (χ0) is 9.84. The summed E-state index contributed by atoms with van der Waals surface area (Å²) >= 11 is 0. The molecule has 0 aliphatic carbocycles. The number of hydrogen-bond donors (Lipinski definition) is 1. The average Bonchev–Trinajstić information content (AvgIpc) is 2.03. The van der Waals surface area contributed by atoms with Gasteiger partial charge in [0.25, 0.3) is 0 Å². The van der Waals surface area contributed by atoms with Crippen LogP contribution in [-0.4, -0.2) is 6.54 Å². The number of benzene rings is 1. The number of para-hydroxylation sites is 1. The summed E-state index contributed by atoms with van der Waals surface area (Å²) < 4.78 is 0. The molecular formula is C12H19N. The van der Waals surface area contributed by atoms with Crippen LogP contribution in [0.2, 0.25) is 0 Å². The topological polar surface area (TPSA) is 12.0 Å². The van der Waals surface area contributed by atoms with Crippen molar-refractivity contribution in [3.05, 3.63) is 29.3 Å². The fourth-order valence-electron chi connectivity index (χ4n) is 1.40. The maximum Gasteiger partial charge on any atom is 0.0399 e. The summed E-state index contributed by atoms with van der Waals surface area (Å²) in [5.41, 5.74) is 3.97. The Morgan fingerprint density at radius 3 is 2.15 bits per heavy atom. The first-order valence-electron chi connectivity index (χ1n) is 4.91. The molecule has 0 bridgehead atoms. The zero-order valence-corrected chi connectivity index (χ0v) is 9.02. The summed E-state index contributed by atoms with van der Waals surface area (Å²) in [5, 5.41) is 3.48. The van der Waals surface area contributed by atoms with Gasteiger partial charge in [0.15, 0.2) is 0 Å². The minimum absolute atomic E-state index is 0.694. The van der Waals surface area contributed by atoms with Gasteiger partial charge in [-0.2, -0.15) is 0 Å². The van der Waals surface area contributed by atoms with E-state index in [-0.39, 0.29) is 0 Å². The predicted molar refractivity (Wildman–Crippen MR) is 59.2 cm³/mol. The van der Waals surface area contributed by atoms with Crippen LogP contribution in [0.4, 0.5) is 5.69 Å². The van der Waals surface area contributed by atoms with Crippen LogP contribution in [0.25, 0.3) is 0 Å². The molecule has 72 valence electrons. The molecule has 1 aromatic rings. The van der Waals surface area contributed by atoms with Gasteiger partial charge in [-0.25, -0.2) is 0 Å². The van der Waals surface area contributed by atoms with Gasteiger partial charge < -0.3 is 5.32 Å². The van der Waals surface area contributed by atoms with Gasteiger partial charge in [0.1, 0.15) is 0 Å². The lowest BCUT2D eigenvalue weighted by Gasteiger charge is -2.13. The van der Waals surface area contributed by atoms with Crippen LogP contribution in [0.3, 0.4) is 0 Å². The molecule has 1 N–H and O–H groups in total. The summed E-state index contributed by atoms with van der Waals surface area (Å²) in [6, 6.07) is 6.40. The standard InChI is InChI=1S/C12H19N/c1-9(2)8-13-12-10(3)6-5-7-11(12)4/h5-7,9,13H,8H2,1-4H3. The Morgan fingerprint density at radius 2 is 1.69 bits per heavy atom. The van der Waals surface area contributed by atoms with E-state index in [0.717, 1.165) is 6.54 Å². The lowest BCUT2D eigenvalue weighted by Crippen LogP contribution is -2.09. The van der Waals surface area contributed by atoms with Crippen molar-refractivity contribution in [3.63, 3.8) is 0 Å².